The van der Waals surface area contributed by atoms with Gasteiger partial charge in [0.1, 0.15) is 23.8 Å². The van der Waals surface area contributed by atoms with E-state index in [9.17, 15) is 0 Å². The second-order valence-corrected chi connectivity index (χ2v) is 8.67. The molecular weight excluding hydrogens is 410 g/mol. The Morgan fingerprint density at radius 1 is 0.867 bits per heavy atom. The lowest BCUT2D eigenvalue weighted by Crippen LogP contribution is -2.06. The van der Waals surface area contributed by atoms with Crippen molar-refractivity contribution < 1.29 is 0 Å². The van der Waals surface area contributed by atoms with Crippen molar-refractivity contribution in [3.63, 3.8) is 0 Å². The van der Waals surface area contributed by atoms with Crippen LogP contribution in [0.25, 0.3) is 5.69 Å². The van der Waals surface area contributed by atoms with E-state index in [0.717, 1.165) is 40.3 Å². The molecule has 0 saturated carbocycles. The molecule has 0 fully saturated rings. The number of nitrogens with one attached hydrogen (secondary N) is 2. The highest BCUT2D eigenvalue weighted by Gasteiger charge is 2.07. The van der Waals surface area contributed by atoms with Crippen LogP contribution in [-0.4, -0.2) is 33.1 Å². The molecule has 0 atom stereocenters. The number of aromatic nitrogens is 3. The average Bonchev–Trinajstić information content (AvgIpc) is 3.24. The fraction of sp³-hybridized carbons (Fsp3) is 0.130. The number of benzene rings is 2. The second kappa shape index (κ2) is 10.2. The van der Waals surface area contributed by atoms with Crippen molar-refractivity contribution >= 4 is 41.0 Å². The highest BCUT2D eigenvalue weighted by atomic mass is 32.2. The van der Waals surface area contributed by atoms with Gasteiger partial charge in [-0.1, -0.05) is 48.2 Å². The van der Waals surface area contributed by atoms with Gasteiger partial charge in [-0.3, -0.25) is 0 Å². The zero-order valence-corrected chi connectivity index (χ0v) is 18.3. The minimum atomic E-state index is 0.753. The summed E-state index contributed by atoms with van der Waals surface area (Å²) in [4.78, 5) is 11.5. The molecule has 2 N–H and O–H groups in total. The van der Waals surface area contributed by atoms with Crippen molar-refractivity contribution in [1.82, 2.24) is 14.5 Å². The first-order valence-corrected chi connectivity index (χ1v) is 11.9. The van der Waals surface area contributed by atoms with Crippen LogP contribution in [0.5, 0.6) is 0 Å². The molecule has 2 aromatic heterocycles. The molecule has 0 spiro atoms. The molecule has 0 aliphatic carbocycles. The Morgan fingerprint density at radius 3 is 2.37 bits per heavy atom. The van der Waals surface area contributed by atoms with Crippen LogP contribution in [0.1, 0.15) is 0 Å². The van der Waals surface area contributed by atoms with Crippen molar-refractivity contribution in [2.75, 3.05) is 29.2 Å². The highest BCUT2D eigenvalue weighted by molar-refractivity contribution is 7.99. The summed E-state index contributed by atoms with van der Waals surface area (Å²) in [6, 6.07) is 24.6. The first-order valence-electron chi connectivity index (χ1n) is 9.64. The van der Waals surface area contributed by atoms with E-state index in [-0.39, 0.29) is 0 Å². The maximum atomic E-state index is 4.73. The fourth-order valence-corrected chi connectivity index (χ4v) is 4.10. The van der Waals surface area contributed by atoms with E-state index in [1.54, 1.807) is 18.1 Å². The standard InChI is InChI=1S/C23H23N5S2/c1-29-13-12-24-21-14-20(30-19-10-6-3-7-11-19)15-22(26-21)27-23-16-28(17-25-23)18-8-4-2-5-9-18/h2-11,14-17H,12-13H2,1H3,(H2,24,26,27). The minimum Gasteiger partial charge on any atom is -0.369 e. The van der Waals surface area contributed by atoms with Gasteiger partial charge in [0.05, 0.1) is 6.20 Å². The zero-order valence-electron chi connectivity index (χ0n) is 16.7. The fourth-order valence-electron chi connectivity index (χ4n) is 2.88. The first kappa shape index (κ1) is 20.4. The molecule has 0 aliphatic heterocycles. The van der Waals surface area contributed by atoms with Gasteiger partial charge in [0.2, 0.25) is 0 Å². The number of thioether (sulfide) groups is 1. The summed E-state index contributed by atoms with van der Waals surface area (Å²) in [5, 5.41) is 6.77. The quantitative estimate of drug-likeness (QED) is 0.319. The number of anilines is 3. The number of pyridine rings is 1. The maximum absolute atomic E-state index is 4.73. The van der Waals surface area contributed by atoms with Crippen LogP contribution in [0.2, 0.25) is 0 Å². The molecule has 4 rings (SSSR count). The normalized spacial score (nSPS) is 10.7. The summed E-state index contributed by atoms with van der Waals surface area (Å²) in [7, 11) is 0. The molecule has 7 heteroatoms. The molecule has 30 heavy (non-hydrogen) atoms. The Bertz CT molecular complexity index is 1070. The van der Waals surface area contributed by atoms with E-state index in [1.807, 2.05) is 46.8 Å². The van der Waals surface area contributed by atoms with Crippen molar-refractivity contribution in [2.24, 2.45) is 0 Å². The summed E-state index contributed by atoms with van der Waals surface area (Å²) in [5.41, 5.74) is 1.07. The predicted molar refractivity (Wildman–Crippen MR) is 129 cm³/mol. The molecule has 2 heterocycles. The van der Waals surface area contributed by atoms with E-state index in [2.05, 4.69) is 70.4 Å². The van der Waals surface area contributed by atoms with E-state index in [4.69, 9.17) is 4.98 Å². The molecule has 0 saturated heterocycles. The third-order valence-electron chi connectivity index (χ3n) is 4.28. The molecule has 0 amide bonds. The summed E-state index contributed by atoms with van der Waals surface area (Å²) in [6.45, 7) is 0.871. The second-order valence-electron chi connectivity index (χ2n) is 6.53. The van der Waals surface area contributed by atoms with E-state index in [0.29, 0.717) is 0 Å². The molecule has 152 valence electrons. The largest absolute Gasteiger partial charge is 0.369 e. The lowest BCUT2D eigenvalue weighted by atomic mass is 10.3. The molecule has 4 aromatic rings. The van der Waals surface area contributed by atoms with Gasteiger partial charge in [-0.2, -0.15) is 11.8 Å². The van der Waals surface area contributed by atoms with Crippen LogP contribution in [-0.2, 0) is 0 Å². The summed E-state index contributed by atoms with van der Waals surface area (Å²) >= 11 is 3.53. The van der Waals surface area contributed by atoms with Crippen molar-refractivity contribution in [2.45, 2.75) is 9.79 Å². The Labute approximate surface area is 185 Å². The Kier molecular flexibility index (Phi) is 6.95. The lowest BCUT2D eigenvalue weighted by molar-refractivity contribution is 1.06. The van der Waals surface area contributed by atoms with Gasteiger partial charge in [-0.25, -0.2) is 9.97 Å². The minimum absolute atomic E-state index is 0.753. The van der Waals surface area contributed by atoms with Crippen LogP contribution in [0, 0.1) is 0 Å². The molecule has 0 aliphatic rings. The van der Waals surface area contributed by atoms with Crippen molar-refractivity contribution in [1.29, 1.82) is 0 Å². The van der Waals surface area contributed by atoms with Crippen LogP contribution in [0.15, 0.2) is 95.1 Å². The number of hydrogen-bond donors (Lipinski definition) is 2. The van der Waals surface area contributed by atoms with Crippen LogP contribution in [0.3, 0.4) is 0 Å². The Morgan fingerprint density at radius 2 is 1.60 bits per heavy atom. The zero-order chi connectivity index (χ0) is 20.6. The smallest absolute Gasteiger partial charge is 0.150 e. The third-order valence-corrected chi connectivity index (χ3v) is 5.87. The van der Waals surface area contributed by atoms with E-state index >= 15 is 0 Å². The monoisotopic (exact) mass is 433 g/mol. The van der Waals surface area contributed by atoms with Gasteiger partial charge < -0.3 is 15.2 Å². The highest BCUT2D eigenvalue weighted by Crippen LogP contribution is 2.31. The van der Waals surface area contributed by atoms with Crippen LogP contribution < -0.4 is 10.6 Å². The Balaban J connectivity index is 1.55. The molecule has 5 nitrogen and oxygen atoms in total. The molecule has 0 unspecified atom stereocenters. The maximum Gasteiger partial charge on any atom is 0.150 e. The Hall–Kier alpha value is -2.90. The molecule has 0 bridgehead atoms. The average molecular weight is 434 g/mol. The van der Waals surface area contributed by atoms with Gasteiger partial charge in [-0.05, 0) is 42.7 Å². The van der Waals surface area contributed by atoms with Gasteiger partial charge in [0.15, 0.2) is 0 Å². The number of imidazole rings is 1. The predicted octanol–water partition coefficient (Wildman–Crippen LogP) is 5.94. The number of rotatable bonds is 9. The number of hydrogen-bond acceptors (Lipinski definition) is 6. The molecule has 0 radical (unpaired) electrons. The van der Waals surface area contributed by atoms with Gasteiger partial charge in [0, 0.05) is 27.8 Å². The molecule has 2 aromatic carbocycles. The summed E-state index contributed by atoms with van der Waals surface area (Å²) < 4.78 is 1.99. The van der Waals surface area contributed by atoms with Crippen molar-refractivity contribution in [3.8, 4) is 5.69 Å². The first-order chi connectivity index (χ1) is 14.8. The summed E-state index contributed by atoms with van der Waals surface area (Å²) in [5.74, 6) is 3.40. The van der Waals surface area contributed by atoms with E-state index < -0.39 is 0 Å². The van der Waals surface area contributed by atoms with E-state index in [1.165, 1.54) is 4.90 Å². The molecular formula is C23H23N5S2. The van der Waals surface area contributed by atoms with Gasteiger partial charge in [0.25, 0.3) is 0 Å². The lowest BCUT2D eigenvalue weighted by Gasteiger charge is -2.11. The van der Waals surface area contributed by atoms with Gasteiger partial charge in [-0.15, -0.1) is 0 Å². The van der Waals surface area contributed by atoms with Gasteiger partial charge >= 0.3 is 0 Å². The number of para-hydroxylation sites is 1. The van der Waals surface area contributed by atoms with Crippen LogP contribution in [0.4, 0.5) is 17.5 Å². The van der Waals surface area contributed by atoms with Crippen molar-refractivity contribution in [3.05, 3.63) is 85.3 Å². The SMILES string of the molecule is CSCCNc1cc(Sc2ccccc2)cc(Nc2cn(-c3ccccc3)cn2)n1. The summed E-state index contributed by atoms with van der Waals surface area (Å²) in [6.07, 6.45) is 5.87. The topological polar surface area (TPSA) is 54.8 Å². The number of nitrogens with zero attached hydrogens (tertiary/aromatic N) is 3. The van der Waals surface area contributed by atoms with Crippen LogP contribution >= 0.6 is 23.5 Å². The third kappa shape index (κ3) is 5.58.